The molecule has 0 aliphatic heterocycles. The van der Waals surface area contributed by atoms with Gasteiger partial charge in [0.15, 0.2) is 0 Å². The van der Waals surface area contributed by atoms with Crippen molar-refractivity contribution >= 4 is 11.8 Å². The van der Waals surface area contributed by atoms with E-state index in [9.17, 15) is 0 Å². The first-order valence-electron chi connectivity index (χ1n) is 6.61. The van der Waals surface area contributed by atoms with Gasteiger partial charge in [-0.05, 0) is 62.0 Å². The van der Waals surface area contributed by atoms with E-state index < -0.39 is 0 Å². The minimum absolute atomic E-state index is 0.698. The molecule has 2 bridgehead atoms. The van der Waals surface area contributed by atoms with E-state index >= 15 is 0 Å². The Bertz CT molecular complexity index is 251. The molecule has 1 fully saturated rings. The maximum atomic E-state index is 3.75. The molecule has 2 rings (SSSR count). The molecule has 2 heteroatoms. The second-order valence-corrected chi connectivity index (χ2v) is 6.61. The molecule has 0 heterocycles. The lowest BCUT2D eigenvalue weighted by Crippen LogP contribution is -2.38. The van der Waals surface area contributed by atoms with Crippen LogP contribution in [0.15, 0.2) is 12.2 Å². The van der Waals surface area contributed by atoms with E-state index in [1.165, 1.54) is 25.1 Å². The first kappa shape index (κ1) is 12.5. The molecule has 92 valence electrons. The maximum Gasteiger partial charge on any atom is 0.00729 e. The summed E-state index contributed by atoms with van der Waals surface area (Å²) in [6.45, 7) is 5.90. The summed E-state index contributed by atoms with van der Waals surface area (Å²) < 4.78 is 0. The van der Waals surface area contributed by atoms with Gasteiger partial charge in [-0.25, -0.2) is 0 Å². The summed E-state index contributed by atoms with van der Waals surface area (Å²) >= 11 is 1.95. The minimum atomic E-state index is 0.698. The lowest BCUT2D eigenvalue weighted by Gasteiger charge is -2.27. The molecule has 2 aliphatic rings. The highest BCUT2D eigenvalue weighted by Gasteiger charge is 2.38. The summed E-state index contributed by atoms with van der Waals surface area (Å²) in [5, 5.41) is 3.75. The Morgan fingerprint density at radius 2 is 2.12 bits per heavy atom. The lowest BCUT2D eigenvalue weighted by molar-refractivity contribution is 0.318. The molecule has 0 aromatic carbocycles. The monoisotopic (exact) mass is 239 g/mol. The highest BCUT2D eigenvalue weighted by Crippen LogP contribution is 2.44. The Hall–Kier alpha value is 0.0500. The van der Waals surface area contributed by atoms with Gasteiger partial charge in [0.1, 0.15) is 0 Å². The average molecular weight is 239 g/mol. The van der Waals surface area contributed by atoms with Gasteiger partial charge in [-0.2, -0.15) is 11.8 Å². The number of fused-ring (bicyclic) bond motifs is 2. The highest BCUT2D eigenvalue weighted by molar-refractivity contribution is 7.98. The zero-order valence-corrected chi connectivity index (χ0v) is 11.6. The zero-order valence-electron chi connectivity index (χ0n) is 10.8. The van der Waals surface area contributed by atoms with Gasteiger partial charge in [-0.3, -0.25) is 0 Å². The van der Waals surface area contributed by atoms with Gasteiger partial charge in [0.25, 0.3) is 0 Å². The molecule has 0 saturated heterocycles. The molecule has 1 N–H and O–H groups in total. The van der Waals surface area contributed by atoms with Gasteiger partial charge in [-0.1, -0.05) is 19.1 Å². The zero-order chi connectivity index (χ0) is 11.5. The van der Waals surface area contributed by atoms with Crippen molar-refractivity contribution in [2.75, 3.05) is 18.6 Å². The highest BCUT2D eigenvalue weighted by atomic mass is 32.2. The van der Waals surface area contributed by atoms with Crippen LogP contribution in [-0.2, 0) is 0 Å². The third kappa shape index (κ3) is 2.84. The van der Waals surface area contributed by atoms with Crippen LogP contribution in [0.25, 0.3) is 0 Å². The third-order valence-electron chi connectivity index (χ3n) is 4.21. The Kier molecular flexibility index (Phi) is 4.37. The van der Waals surface area contributed by atoms with E-state index in [2.05, 4.69) is 37.6 Å². The van der Waals surface area contributed by atoms with Crippen LogP contribution in [0.2, 0.25) is 0 Å². The molecule has 1 nitrogen and oxygen atoms in total. The number of hydrogen-bond acceptors (Lipinski definition) is 2. The van der Waals surface area contributed by atoms with Crippen molar-refractivity contribution in [2.45, 2.75) is 32.7 Å². The molecule has 0 amide bonds. The number of rotatable bonds is 6. The first-order valence-corrected chi connectivity index (χ1v) is 8.00. The molecular weight excluding hydrogens is 214 g/mol. The normalized spacial score (nSPS) is 35.6. The van der Waals surface area contributed by atoms with Crippen molar-refractivity contribution in [1.82, 2.24) is 5.32 Å². The predicted molar refractivity (Wildman–Crippen MR) is 73.9 cm³/mol. The van der Waals surface area contributed by atoms with Crippen molar-refractivity contribution in [2.24, 2.45) is 23.7 Å². The molecule has 5 atom stereocenters. The fourth-order valence-electron chi connectivity index (χ4n) is 3.28. The van der Waals surface area contributed by atoms with E-state index in [4.69, 9.17) is 0 Å². The van der Waals surface area contributed by atoms with Crippen LogP contribution in [0.3, 0.4) is 0 Å². The van der Waals surface area contributed by atoms with E-state index in [0.29, 0.717) is 6.04 Å². The molecule has 2 aliphatic carbocycles. The van der Waals surface area contributed by atoms with Crippen LogP contribution in [0, 0.1) is 23.7 Å². The Morgan fingerprint density at radius 3 is 2.69 bits per heavy atom. The van der Waals surface area contributed by atoms with Crippen molar-refractivity contribution in [1.29, 1.82) is 0 Å². The van der Waals surface area contributed by atoms with Crippen LogP contribution in [0.4, 0.5) is 0 Å². The number of thioether (sulfide) groups is 1. The van der Waals surface area contributed by atoms with Gasteiger partial charge < -0.3 is 5.32 Å². The van der Waals surface area contributed by atoms with Gasteiger partial charge >= 0.3 is 0 Å². The van der Waals surface area contributed by atoms with Crippen molar-refractivity contribution in [3.63, 3.8) is 0 Å². The van der Waals surface area contributed by atoms with Crippen molar-refractivity contribution < 1.29 is 0 Å². The molecule has 0 aromatic heterocycles. The van der Waals surface area contributed by atoms with Crippen LogP contribution in [-0.4, -0.2) is 24.6 Å². The summed E-state index contributed by atoms with van der Waals surface area (Å²) in [7, 11) is 0. The molecule has 1 saturated carbocycles. The molecule has 0 aromatic rings. The smallest absolute Gasteiger partial charge is 0.00729 e. The van der Waals surface area contributed by atoms with Crippen LogP contribution >= 0.6 is 11.8 Å². The minimum Gasteiger partial charge on any atom is -0.314 e. The summed E-state index contributed by atoms with van der Waals surface area (Å²) in [5.74, 6) is 4.75. The number of nitrogens with one attached hydrogen (secondary N) is 1. The summed E-state index contributed by atoms with van der Waals surface area (Å²) in [6, 6.07) is 0.698. The van der Waals surface area contributed by atoms with E-state index in [1.807, 2.05) is 11.8 Å². The Balaban J connectivity index is 1.72. The largest absolute Gasteiger partial charge is 0.314 e. The van der Waals surface area contributed by atoms with Gasteiger partial charge in [-0.15, -0.1) is 0 Å². The summed E-state index contributed by atoms with van der Waals surface area (Å²) in [4.78, 5) is 0. The topological polar surface area (TPSA) is 12.0 Å². The van der Waals surface area contributed by atoms with E-state index in [1.54, 1.807) is 0 Å². The lowest BCUT2D eigenvalue weighted by atomic mass is 9.87. The van der Waals surface area contributed by atoms with Crippen molar-refractivity contribution in [3.8, 4) is 0 Å². The van der Waals surface area contributed by atoms with Crippen molar-refractivity contribution in [3.05, 3.63) is 12.2 Å². The maximum absolute atomic E-state index is 3.75. The Morgan fingerprint density at radius 1 is 1.31 bits per heavy atom. The first-order chi connectivity index (χ1) is 7.70. The fourth-order valence-corrected chi connectivity index (χ4v) is 3.97. The standard InChI is InChI=1S/C14H25NS/c1-10(9-16-3)8-15-11(2)14-7-12-4-5-13(14)6-12/h4-5,10-15H,6-9H2,1-3H3. The summed E-state index contributed by atoms with van der Waals surface area (Å²) in [6.07, 6.45) is 9.94. The Labute approximate surface area is 104 Å². The SMILES string of the molecule is CSCC(C)CNC(C)C1CC2C=CC1C2. The second-order valence-electron chi connectivity index (χ2n) is 5.70. The van der Waals surface area contributed by atoms with E-state index in [0.717, 1.165) is 23.7 Å². The van der Waals surface area contributed by atoms with E-state index in [-0.39, 0.29) is 0 Å². The number of allylic oxidation sites excluding steroid dienone is 2. The predicted octanol–water partition coefficient (Wildman–Crippen LogP) is 3.18. The average Bonchev–Trinajstić information content (AvgIpc) is 2.88. The van der Waals surface area contributed by atoms with Gasteiger partial charge in [0.2, 0.25) is 0 Å². The molecule has 5 unspecified atom stereocenters. The fraction of sp³-hybridized carbons (Fsp3) is 0.857. The number of hydrogen-bond donors (Lipinski definition) is 1. The second kappa shape index (κ2) is 5.59. The molecule has 16 heavy (non-hydrogen) atoms. The third-order valence-corrected chi connectivity index (χ3v) is 5.11. The quantitative estimate of drug-likeness (QED) is 0.715. The molecule has 0 spiro atoms. The molecule has 0 radical (unpaired) electrons. The van der Waals surface area contributed by atoms with Crippen LogP contribution in [0.1, 0.15) is 26.7 Å². The molecular formula is C14H25NS. The summed E-state index contributed by atoms with van der Waals surface area (Å²) in [5.41, 5.74) is 0. The van der Waals surface area contributed by atoms with Gasteiger partial charge in [0, 0.05) is 6.04 Å². The van der Waals surface area contributed by atoms with Crippen LogP contribution < -0.4 is 5.32 Å². The van der Waals surface area contributed by atoms with Gasteiger partial charge in [0.05, 0.1) is 0 Å². The van der Waals surface area contributed by atoms with Crippen LogP contribution in [0.5, 0.6) is 0 Å².